The minimum absolute atomic E-state index is 0.121. The third-order valence-electron chi connectivity index (χ3n) is 6.62. The Bertz CT molecular complexity index is 1400. The lowest BCUT2D eigenvalue weighted by atomic mass is 9.96. The molecule has 0 unspecified atom stereocenters. The van der Waals surface area contributed by atoms with Crippen molar-refractivity contribution in [3.05, 3.63) is 113 Å². The Morgan fingerprint density at radius 1 is 1.00 bits per heavy atom. The summed E-state index contributed by atoms with van der Waals surface area (Å²) in [6.45, 7) is 6.47. The van der Waals surface area contributed by atoms with Crippen LogP contribution >= 0.6 is 12.2 Å². The Morgan fingerprint density at radius 2 is 1.78 bits per heavy atom. The van der Waals surface area contributed by atoms with Gasteiger partial charge >= 0.3 is 0 Å². The van der Waals surface area contributed by atoms with Crippen LogP contribution in [0.15, 0.2) is 85.1 Å². The van der Waals surface area contributed by atoms with Gasteiger partial charge in [-0.2, -0.15) is 0 Å². The van der Waals surface area contributed by atoms with E-state index in [-0.39, 0.29) is 24.5 Å². The second-order valence-corrected chi connectivity index (χ2v) is 9.56. The van der Waals surface area contributed by atoms with Crippen molar-refractivity contribution in [1.29, 1.82) is 0 Å². The molecule has 2 atom stereocenters. The topological polar surface area (TPSA) is 62.2 Å². The number of amides is 1. The van der Waals surface area contributed by atoms with Crippen LogP contribution in [0.2, 0.25) is 0 Å². The van der Waals surface area contributed by atoms with Gasteiger partial charge in [0, 0.05) is 29.0 Å². The van der Waals surface area contributed by atoms with Crippen molar-refractivity contribution in [2.75, 3.05) is 11.9 Å². The van der Waals surface area contributed by atoms with Gasteiger partial charge in [0.1, 0.15) is 6.54 Å². The number of hydrogen-bond donors (Lipinski definition) is 2. The molecule has 5 rings (SSSR count). The van der Waals surface area contributed by atoms with Crippen molar-refractivity contribution in [2.24, 2.45) is 0 Å². The van der Waals surface area contributed by atoms with Gasteiger partial charge in [-0.15, -0.1) is 0 Å². The maximum atomic E-state index is 13.1. The maximum Gasteiger partial charge on any atom is 0.244 e. The van der Waals surface area contributed by atoms with E-state index in [9.17, 15) is 4.79 Å². The van der Waals surface area contributed by atoms with E-state index < -0.39 is 0 Å². The molecule has 1 aliphatic rings. The van der Waals surface area contributed by atoms with E-state index in [0.29, 0.717) is 5.11 Å². The molecular weight excluding hydrogens is 466 g/mol. The van der Waals surface area contributed by atoms with Crippen molar-refractivity contribution < 1.29 is 4.79 Å². The Morgan fingerprint density at radius 3 is 2.50 bits per heavy atom. The Labute approximate surface area is 217 Å². The van der Waals surface area contributed by atoms with Crippen molar-refractivity contribution >= 4 is 28.9 Å². The van der Waals surface area contributed by atoms with E-state index in [4.69, 9.17) is 12.2 Å². The van der Waals surface area contributed by atoms with Crippen LogP contribution in [0, 0.1) is 20.8 Å². The number of nitrogens with zero attached hydrogens (tertiary/aromatic N) is 3. The highest BCUT2D eigenvalue weighted by Gasteiger charge is 2.42. The summed E-state index contributed by atoms with van der Waals surface area (Å²) in [4.78, 5) is 19.7. The summed E-state index contributed by atoms with van der Waals surface area (Å²) in [6, 6.07) is 25.7. The Balaban J connectivity index is 1.54. The highest BCUT2D eigenvalue weighted by Crippen LogP contribution is 2.41. The summed E-state index contributed by atoms with van der Waals surface area (Å²) in [5, 5.41) is 6.98. The zero-order valence-corrected chi connectivity index (χ0v) is 21.4. The van der Waals surface area contributed by atoms with E-state index in [1.165, 1.54) is 5.56 Å². The molecule has 4 aromatic rings. The molecule has 2 aromatic heterocycles. The summed E-state index contributed by atoms with van der Waals surface area (Å²) in [6.07, 6.45) is 1.79. The lowest BCUT2D eigenvalue weighted by Gasteiger charge is -2.27. The number of rotatable bonds is 6. The predicted molar refractivity (Wildman–Crippen MR) is 147 cm³/mol. The fraction of sp³-hybridized carbons (Fsp3) is 0.207. The van der Waals surface area contributed by atoms with E-state index in [0.717, 1.165) is 34.0 Å². The molecule has 7 heteroatoms. The number of benzene rings is 2. The van der Waals surface area contributed by atoms with Gasteiger partial charge < -0.3 is 20.1 Å². The zero-order chi connectivity index (χ0) is 25.2. The molecule has 36 heavy (non-hydrogen) atoms. The van der Waals surface area contributed by atoms with Crippen molar-refractivity contribution in [2.45, 2.75) is 32.9 Å². The first kappa shape index (κ1) is 23.8. The number of para-hydroxylation sites is 1. The fourth-order valence-electron chi connectivity index (χ4n) is 5.04. The number of nitrogens with one attached hydrogen (secondary N) is 2. The van der Waals surface area contributed by atoms with Crippen molar-refractivity contribution in [3.8, 4) is 5.69 Å². The number of carbonyl (C=O) groups excluding carboxylic acids is 1. The van der Waals surface area contributed by atoms with Gasteiger partial charge in [-0.1, -0.05) is 36.4 Å². The molecular formula is C29H29N5OS. The summed E-state index contributed by atoms with van der Waals surface area (Å²) >= 11 is 5.77. The maximum absolute atomic E-state index is 13.1. The molecule has 182 valence electrons. The lowest BCUT2D eigenvalue weighted by molar-refractivity contribution is -0.116. The first-order valence-electron chi connectivity index (χ1n) is 12.0. The smallest absolute Gasteiger partial charge is 0.244 e. The van der Waals surface area contributed by atoms with Crippen LogP contribution in [0.4, 0.5) is 5.69 Å². The third-order valence-corrected chi connectivity index (χ3v) is 6.97. The fourth-order valence-corrected chi connectivity index (χ4v) is 5.35. The standard InChI is InChI=1S/C29H29N5OS/c1-19-10-9-13-23(16-19)34-20(2)17-24(21(34)3)28-27(25-14-7-8-15-30-25)32-29(36)33(28)18-26(35)31-22-11-5-4-6-12-22/h4-17,27-28H,18H2,1-3H3,(H,31,35)(H,32,36)/t27-,28-/m1/s1. The minimum atomic E-state index is -0.196. The molecule has 3 heterocycles. The molecule has 1 aliphatic heterocycles. The highest BCUT2D eigenvalue weighted by molar-refractivity contribution is 7.80. The Hall–Kier alpha value is -3.97. The normalized spacial score (nSPS) is 17.2. The zero-order valence-electron chi connectivity index (χ0n) is 20.6. The number of carbonyl (C=O) groups is 1. The monoisotopic (exact) mass is 495 g/mol. The summed E-state index contributed by atoms with van der Waals surface area (Å²) in [5.74, 6) is -0.121. The summed E-state index contributed by atoms with van der Waals surface area (Å²) in [7, 11) is 0. The SMILES string of the molecule is Cc1cccc(-n2c(C)cc([C@@H]3[C@@H](c4ccccn4)NC(=S)N3CC(=O)Nc3ccccc3)c2C)c1. The molecule has 0 spiro atoms. The van der Waals surface area contributed by atoms with E-state index in [1.807, 2.05) is 53.4 Å². The van der Waals surface area contributed by atoms with Crippen LogP contribution in [-0.4, -0.2) is 32.0 Å². The van der Waals surface area contributed by atoms with Gasteiger partial charge in [0.25, 0.3) is 0 Å². The average molecular weight is 496 g/mol. The Kier molecular flexibility index (Phi) is 6.57. The van der Waals surface area contributed by atoms with Crippen LogP contribution in [0.3, 0.4) is 0 Å². The molecule has 0 radical (unpaired) electrons. The number of anilines is 1. The van der Waals surface area contributed by atoms with Gasteiger partial charge in [-0.05, 0) is 86.6 Å². The van der Waals surface area contributed by atoms with Crippen LogP contribution in [0.5, 0.6) is 0 Å². The van der Waals surface area contributed by atoms with Crippen molar-refractivity contribution in [3.63, 3.8) is 0 Å². The molecule has 2 N–H and O–H groups in total. The molecule has 1 amide bonds. The van der Waals surface area contributed by atoms with Gasteiger partial charge in [0.2, 0.25) is 5.91 Å². The second kappa shape index (κ2) is 9.95. The molecule has 0 bridgehead atoms. The van der Waals surface area contributed by atoms with Crippen molar-refractivity contribution in [1.82, 2.24) is 19.8 Å². The van der Waals surface area contributed by atoms with E-state index in [2.05, 4.69) is 71.3 Å². The molecule has 0 saturated carbocycles. The second-order valence-electron chi connectivity index (χ2n) is 9.17. The summed E-state index contributed by atoms with van der Waals surface area (Å²) in [5.41, 5.74) is 7.32. The quantitative estimate of drug-likeness (QED) is 0.350. The molecule has 0 aliphatic carbocycles. The lowest BCUT2D eigenvalue weighted by Crippen LogP contribution is -2.37. The molecule has 1 saturated heterocycles. The van der Waals surface area contributed by atoms with Crippen LogP contribution in [0.25, 0.3) is 5.69 Å². The average Bonchev–Trinajstić information content (AvgIpc) is 3.35. The van der Waals surface area contributed by atoms with Crippen LogP contribution in [-0.2, 0) is 4.79 Å². The number of pyridine rings is 1. The largest absolute Gasteiger partial charge is 0.352 e. The predicted octanol–water partition coefficient (Wildman–Crippen LogP) is 5.41. The van der Waals surface area contributed by atoms with Gasteiger partial charge in [-0.3, -0.25) is 9.78 Å². The highest BCUT2D eigenvalue weighted by atomic mass is 32.1. The van der Waals surface area contributed by atoms with E-state index in [1.54, 1.807) is 6.20 Å². The first-order valence-corrected chi connectivity index (χ1v) is 12.4. The van der Waals surface area contributed by atoms with E-state index >= 15 is 0 Å². The minimum Gasteiger partial charge on any atom is -0.352 e. The number of aromatic nitrogens is 2. The van der Waals surface area contributed by atoms with Gasteiger partial charge in [0.15, 0.2) is 5.11 Å². The molecule has 2 aromatic carbocycles. The number of hydrogen-bond acceptors (Lipinski definition) is 3. The number of thiocarbonyl (C=S) groups is 1. The first-order chi connectivity index (χ1) is 17.4. The number of aryl methyl sites for hydroxylation is 2. The van der Waals surface area contributed by atoms with Crippen LogP contribution < -0.4 is 10.6 Å². The molecule has 1 fully saturated rings. The van der Waals surface area contributed by atoms with Gasteiger partial charge in [0.05, 0.1) is 17.8 Å². The summed E-state index contributed by atoms with van der Waals surface area (Å²) < 4.78 is 2.27. The molecule has 6 nitrogen and oxygen atoms in total. The third kappa shape index (κ3) is 4.62. The van der Waals surface area contributed by atoms with Gasteiger partial charge in [-0.25, -0.2) is 0 Å². The van der Waals surface area contributed by atoms with Crippen LogP contribution in [0.1, 0.15) is 40.3 Å².